The van der Waals surface area contributed by atoms with Gasteiger partial charge < -0.3 is 9.64 Å². The van der Waals surface area contributed by atoms with E-state index in [4.69, 9.17) is 9.57 Å². The lowest BCUT2D eigenvalue weighted by Gasteiger charge is -2.25. The third kappa shape index (κ3) is 4.47. The third-order valence-electron chi connectivity index (χ3n) is 4.16. The van der Waals surface area contributed by atoms with Crippen LogP contribution >= 0.6 is 0 Å². The van der Waals surface area contributed by atoms with Gasteiger partial charge >= 0.3 is 0 Å². The van der Waals surface area contributed by atoms with Crippen LogP contribution in [-0.4, -0.2) is 49.6 Å². The summed E-state index contributed by atoms with van der Waals surface area (Å²) >= 11 is 0. The first-order valence-electron chi connectivity index (χ1n) is 8.23. The van der Waals surface area contributed by atoms with Gasteiger partial charge in [-0.2, -0.15) is 0 Å². The molecular weight excluding hydrogens is 308 g/mol. The molecule has 24 heavy (non-hydrogen) atoms. The number of carbonyl (C=O) groups excluding carboxylic acids is 2. The maximum absolute atomic E-state index is 12.2. The second kappa shape index (κ2) is 9.27. The molecule has 0 radical (unpaired) electrons. The minimum atomic E-state index is -0.349. The van der Waals surface area contributed by atoms with E-state index in [9.17, 15) is 9.59 Å². The molecule has 6 nitrogen and oxygen atoms in total. The Kier molecular flexibility index (Phi) is 7.71. The van der Waals surface area contributed by atoms with Gasteiger partial charge in [0.05, 0.1) is 26.2 Å². The molecule has 1 aromatic rings. The monoisotopic (exact) mass is 336 g/mol. The van der Waals surface area contributed by atoms with Crippen molar-refractivity contribution in [2.45, 2.75) is 33.2 Å². The fourth-order valence-electron chi connectivity index (χ4n) is 2.68. The fraction of sp³-hybridized carbons (Fsp3) is 0.556. The lowest BCUT2D eigenvalue weighted by Crippen LogP contribution is -2.34. The minimum Gasteiger partial charge on any atom is -0.497 e. The van der Waals surface area contributed by atoms with Gasteiger partial charge in [0.25, 0.3) is 5.91 Å². The van der Waals surface area contributed by atoms with Crippen LogP contribution in [0.1, 0.15) is 38.8 Å². The van der Waals surface area contributed by atoms with Crippen LogP contribution in [0.15, 0.2) is 24.3 Å². The molecule has 2 rings (SSSR count). The molecule has 1 saturated heterocycles. The van der Waals surface area contributed by atoms with Crippen LogP contribution in [0.4, 0.5) is 0 Å². The molecule has 1 fully saturated rings. The number of amides is 2. The topological polar surface area (TPSA) is 59.1 Å². The van der Waals surface area contributed by atoms with E-state index in [2.05, 4.69) is 0 Å². The number of carbonyl (C=O) groups is 2. The second-order valence-corrected chi connectivity index (χ2v) is 5.41. The number of nitrogens with zero attached hydrogens (tertiary/aromatic N) is 2. The van der Waals surface area contributed by atoms with Crippen molar-refractivity contribution in [3.63, 3.8) is 0 Å². The SMILES string of the molecule is CC.COc1ccc(C(C)N2CC(C(=O)N(C)OC)CC2=O)cc1. The standard InChI is InChI=1S/C16H22N2O4.C2H6/c1-11(12-5-7-14(21-3)8-6-12)18-10-13(9-15(18)19)16(20)17(2)22-4;1-2/h5-8,11,13H,9-10H2,1-4H3;1-2H3. The average Bonchev–Trinajstić information content (AvgIpc) is 3.03. The lowest BCUT2D eigenvalue weighted by molar-refractivity contribution is -0.173. The zero-order valence-electron chi connectivity index (χ0n) is 15.4. The van der Waals surface area contributed by atoms with Gasteiger partial charge in [0, 0.05) is 20.0 Å². The van der Waals surface area contributed by atoms with E-state index < -0.39 is 0 Å². The van der Waals surface area contributed by atoms with Crippen LogP contribution in [0.2, 0.25) is 0 Å². The third-order valence-corrected chi connectivity index (χ3v) is 4.16. The van der Waals surface area contributed by atoms with Crippen molar-refractivity contribution in [2.75, 3.05) is 27.8 Å². The highest BCUT2D eigenvalue weighted by molar-refractivity contribution is 5.89. The molecule has 0 aromatic heterocycles. The first kappa shape index (κ1) is 20.0. The van der Waals surface area contributed by atoms with Gasteiger partial charge in [0.15, 0.2) is 0 Å². The maximum Gasteiger partial charge on any atom is 0.251 e. The number of likely N-dealkylation sites (tertiary alicyclic amines) is 1. The first-order chi connectivity index (χ1) is 11.5. The van der Waals surface area contributed by atoms with Crippen LogP contribution in [0.25, 0.3) is 0 Å². The Bertz CT molecular complexity index is 544. The van der Waals surface area contributed by atoms with Gasteiger partial charge in [-0.15, -0.1) is 0 Å². The molecule has 1 heterocycles. The zero-order valence-corrected chi connectivity index (χ0v) is 15.4. The predicted octanol–water partition coefficient (Wildman–Crippen LogP) is 2.65. The number of hydrogen-bond acceptors (Lipinski definition) is 4. The minimum absolute atomic E-state index is 0.00817. The quantitative estimate of drug-likeness (QED) is 0.776. The predicted molar refractivity (Wildman–Crippen MR) is 92.4 cm³/mol. The Morgan fingerprint density at radius 2 is 1.83 bits per heavy atom. The van der Waals surface area contributed by atoms with E-state index in [-0.39, 0.29) is 30.2 Å². The first-order valence-corrected chi connectivity index (χ1v) is 8.23. The summed E-state index contributed by atoms with van der Waals surface area (Å²) in [5, 5.41) is 1.18. The van der Waals surface area contributed by atoms with Crippen molar-refractivity contribution in [3.05, 3.63) is 29.8 Å². The molecule has 1 aliphatic heterocycles. The molecule has 0 aliphatic carbocycles. The molecule has 134 valence electrons. The second-order valence-electron chi connectivity index (χ2n) is 5.41. The number of ether oxygens (including phenoxy) is 1. The zero-order chi connectivity index (χ0) is 18.3. The smallest absolute Gasteiger partial charge is 0.251 e. The van der Waals surface area contributed by atoms with Crippen molar-refractivity contribution < 1.29 is 19.2 Å². The number of benzene rings is 1. The van der Waals surface area contributed by atoms with E-state index in [0.29, 0.717) is 6.54 Å². The number of methoxy groups -OCH3 is 1. The van der Waals surface area contributed by atoms with Crippen molar-refractivity contribution in [1.29, 1.82) is 0 Å². The highest BCUT2D eigenvalue weighted by Gasteiger charge is 2.38. The molecule has 6 heteroatoms. The molecule has 0 bridgehead atoms. The van der Waals surface area contributed by atoms with Gasteiger partial charge in [0.1, 0.15) is 5.75 Å². The van der Waals surface area contributed by atoms with Crippen molar-refractivity contribution in [1.82, 2.24) is 9.96 Å². The molecule has 0 N–H and O–H groups in total. The van der Waals surface area contributed by atoms with Gasteiger partial charge in [-0.1, -0.05) is 26.0 Å². The molecule has 0 saturated carbocycles. The van der Waals surface area contributed by atoms with Crippen LogP contribution in [0.3, 0.4) is 0 Å². The summed E-state index contributed by atoms with van der Waals surface area (Å²) in [6, 6.07) is 7.53. The van der Waals surface area contributed by atoms with Crippen molar-refractivity contribution in [2.24, 2.45) is 5.92 Å². The Hall–Kier alpha value is -2.08. The van der Waals surface area contributed by atoms with Gasteiger partial charge in [-0.05, 0) is 24.6 Å². The molecular formula is C18H28N2O4. The van der Waals surface area contributed by atoms with Crippen LogP contribution in [0.5, 0.6) is 5.75 Å². The highest BCUT2D eigenvalue weighted by Crippen LogP contribution is 2.30. The summed E-state index contributed by atoms with van der Waals surface area (Å²) in [5.74, 6) is 0.253. The normalized spacial score (nSPS) is 17.8. The van der Waals surface area contributed by atoms with Gasteiger partial charge in [-0.3, -0.25) is 14.4 Å². The fourth-order valence-corrected chi connectivity index (χ4v) is 2.68. The number of hydroxylamine groups is 2. The summed E-state index contributed by atoms with van der Waals surface area (Å²) in [5.41, 5.74) is 1.02. The average molecular weight is 336 g/mol. The maximum atomic E-state index is 12.2. The molecule has 2 atom stereocenters. The summed E-state index contributed by atoms with van der Waals surface area (Å²) < 4.78 is 5.14. The van der Waals surface area contributed by atoms with Gasteiger partial charge in [0.2, 0.25) is 5.91 Å². The molecule has 0 spiro atoms. The largest absolute Gasteiger partial charge is 0.497 e. The van der Waals surface area contributed by atoms with Crippen LogP contribution in [0, 0.1) is 5.92 Å². The summed E-state index contributed by atoms with van der Waals surface area (Å²) in [6.45, 7) is 6.38. The lowest BCUT2D eigenvalue weighted by atomic mass is 10.1. The summed E-state index contributed by atoms with van der Waals surface area (Å²) in [6.07, 6.45) is 0.229. The van der Waals surface area contributed by atoms with E-state index in [1.165, 1.54) is 12.2 Å². The Morgan fingerprint density at radius 1 is 1.25 bits per heavy atom. The highest BCUT2D eigenvalue weighted by atomic mass is 16.7. The molecule has 1 aromatic carbocycles. The number of hydrogen-bond donors (Lipinski definition) is 0. The van der Waals surface area contributed by atoms with E-state index >= 15 is 0 Å². The Balaban J connectivity index is 0.00000139. The van der Waals surface area contributed by atoms with E-state index in [1.54, 1.807) is 19.1 Å². The molecule has 2 unspecified atom stereocenters. The molecule has 1 aliphatic rings. The van der Waals surface area contributed by atoms with E-state index in [1.807, 2.05) is 45.0 Å². The van der Waals surface area contributed by atoms with Gasteiger partial charge in [-0.25, -0.2) is 5.06 Å². The Morgan fingerprint density at radius 3 is 2.33 bits per heavy atom. The summed E-state index contributed by atoms with van der Waals surface area (Å²) in [4.78, 5) is 31.0. The number of rotatable bonds is 5. The van der Waals surface area contributed by atoms with Crippen LogP contribution in [-0.2, 0) is 14.4 Å². The van der Waals surface area contributed by atoms with E-state index in [0.717, 1.165) is 11.3 Å². The molecule has 2 amide bonds. The van der Waals surface area contributed by atoms with Crippen molar-refractivity contribution >= 4 is 11.8 Å². The van der Waals surface area contributed by atoms with Crippen molar-refractivity contribution in [3.8, 4) is 5.75 Å². The van der Waals surface area contributed by atoms with Crippen LogP contribution < -0.4 is 4.74 Å². The summed E-state index contributed by atoms with van der Waals surface area (Å²) in [7, 11) is 4.61. The Labute approximate surface area is 144 Å².